The highest BCUT2D eigenvalue weighted by molar-refractivity contribution is 5.85. The van der Waals surface area contributed by atoms with E-state index >= 15 is 0 Å². The third kappa shape index (κ3) is 6.02. The van der Waals surface area contributed by atoms with Gasteiger partial charge in [-0.3, -0.25) is 4.90 Å². The molecule has 2 rings (SSSR count). The maximum atomic E-state index is 13.8. The average molecular weight is 385 g/mol. The predicted molar refractivity (Wildman–Crippen MR) is 78.7 cm³/mol. The van der Waals surface area contributed by atoms with Gasteiger partial charge in [0.15, 0.2) is 11.6 Å². The van der Waals surface area contributed by atoms with Crippen molar-refractivity contribution >= 4 is 24.8 Å². The fourth-order valence-electron chi connectivity index (χ4n) is 2.47. The Kier molecular flexibility index (Phi) is 8.69. The van der Waals surface area contributed by atoms with E-state index in [2.05, 4.69) is 5.32 Å². The minimum absolute atomic E-state index is 0. The number of rotatable bonds is 3. The second kappa shape index (κ2) is 8.96. The van der Waals surface area contributed by atoms with Crippen LogP contribution in [-0.4, -0.2) is 37.3 Å². The molecule has 0 amide bonds. The van der Waals surface area contributed by atoms with Crippen molar-refractivity contribution in [3.05, 3.63) is 35.1 Å². The second-order valence-corrected chi connectivity index (χ2v) is 4.91. The van der Waals surface area contributed by atoms with E-state index in [0.29, 0.717) is 25.2 Å². The van der Waals surface area contributed by atoms with Gasteiger partial charge in [0.2, 0.25) is 0 Å². The SMILES string of the molecule is Cl.Cl.Fc1cc(F)c(F)c([C@@H](CC(F)(F)F)N2CCNCC2)c1. The Bertz CT molecular complexity index is 506. The van der Waals surface area contributed by atoms with Crippen LogP contribution in [0.5, 0.6) is 0 Å². The van der Waals surface area contributed by atoms with E-state index in [-0.39, 0.29) is 37.9 Å². The predicted octanol–water partition coefficient (Wildman–Crippen LogP) is 3.85. The number of nitrogens with zero attached hydrogens (tertiary/aromatic N) is 1. The third-order valence-corrected chi connectivity index (χ3v) is 3.40. The van der Waals surface area contributed by atoms with Crippen LogP contribution >= 0.6 is 24.8 Å². The normalized spacial score (nSPS) is 17.1. The molecule has 10 heteroatoms. The van der Waals surface area contributed by atoms with Gasteiger partial charge in [0, 0.05) is 43.9 Å². The summed E-state index contributed by atoms with van der Waals surface area (Å²) in [6, 6.07) is -0.477. The Morgan fingerprint density at radius 3 is 2.13 bits per heavy atom. The summed E-state index contributed by atoms with van der Waals surface area (Å²) in [7, 11) is 0. The van der Waals surface area contributed by atoms with Crippen molar-refractivity contribution in [3.8, 4) is 0 Å². The smallest absolute Gasteiger partial charge is 0.314 e. The van der Waals surface area contributed by atoms with Crippen molar-refractivity contribution in [1.29, 1.82) is 0 Å². The fraction of sp³-hybridized carbons (Fsp3) is 0.538. The standard InChI is InChI=1S/C13H14F6N2.2ClH/c14-8-5-9(12(16)10(15)6-8)11(7-13(17,18)19)21-3-1-20-2-4-21;;/h5-6,11,20H,1-4,7H2;2*1H/t11-;;/m1../s1. The maximum Gasteiger partial charge on any atom is 0.390 e. The molecule has 0 bridgehead atoms. The molecule has 1 fully saturated rings. The van der Waals surface area contributed by atoms with Gasteiger partial charge in [0.05, 0.1) is 6.42 Å². The molecule has 1 aromatic rings. The Balaban J connectivity index is 0.00000242. The summed E-state index contributed by atoms with van der Waals surface area (Å²) in [5.41, 5.74) is -0.591. The molecule has 0 unspecified atom stereocenters. The number of piperazine rings is 1. The highest BCUT2D eigenvalue weighted by Gasteiger charge is 2.37. The zero-order chi connectivity index (χ0) is 15.6. The van der Waals surface area contributed by atoms with Gasteiger partial charge in [-0.2, -0.15) is 13.2 Å². The van der Waals surface area contributed by atoms with Crippen molar-refractivity contribution in [2.24, 2.45) is 0 Å². The van der Waals surface area contributed by atoms with E-state index in [9.17, 15) is 26.3 Å². The first-order valence-corrected chi connectivity index (χ1v) is 6.44. The molecule has 0 spiro atoms. The van der Waals surface area contributed by atoms with Gasteiger partial charge in [-0.15, -0.1) is 24.8 Å². The number of halogens is 8. The highest BCUT2D eigenvalue weighted by atomic mass is 35.5. The summed E-state index contributed by atoms with van der Waals surface area (Å²) in [4.78, 5) is 1.39. The van der Waals surface area contributed by atoms with E-state index in [0.717, 1.165) is 0 Å². The van der Waals surface area contributed by atoms with Crippen LogP contribution in [0.3, 0.4) is 0 Å². The molecule has 2 nitrogen and oxygen atoms in total. The largest absolute Gasteiger partial charge is 0.390 e. The van der Waals surface area contributed by atoms with Crippen molar-refractivity contribution in [1.82, 2.24) is 10.2 Å². The Morgan fingerprint density at radius 1 is 1.04 bits per heavy atom. The average Bonchev–Trinajstić information content (AvgIpc) is 2.40. The highest BCUT2D eigenvalue weighted by Crippen LogP contribution is 2.36. The molecular weight excluding hydrogens is 369 g/mol. The maximum absolute atomic E-state index is 13.8. The van der Waals surface area contributed by atoms with Crippen LogP contribution in [0.1, 0.15) is 18.0 Å². The quantitative estimate of drug-likeness (QED) is 0.628. The van der Waals surface area contributed by atoms with Crippen LogP contribution in [0.15, 0.2) is 12.1 Å². The van der Waals surface area contributed by atoms with E-state index in [4.69, 9.17) is 0 Å². The summed E-state index contributed by atoms with van der Waals surface area (Å²) >= 11 is 0. The first-order valence-electron chi connectivity index (χ1n) is 6.44. The van der Waals surface area contributed by atoms with Gasteiger partial charge < -0.3 is 5.32 Å². The zero-order valence-corrected chi connectivity index (χ0v) is 13.4. The molecule has 0 aromatic heterocycles. The molecule has 1 saturated heterocycles. The van der Waals surface area contributed by atoms with E-state index < -0.39 is 41.7 Å². The lowest BCUT2D eigenvalue weighted by Gasteiger charge is -2.35. The van der Waals surface area contributed by atoms with E-state index in [1.54, 1.807) is 0 Å². The molecular formula is C13H16Cl2F6N2. The van der Waals surface area contributed by atoms with Crippen LogP contribution < -0.4 is 5.32 Å². The zero-order valence-electron chi connectivity index (χ0n) is 11.8. The molecule has 1 N–H and O–H groups in total. The summed E-state index contributed by atoms with van der Waals surface area (Å²) < 4.78 is 78.5. The van der Waals surface area contributed by atoms with Gasteiger partial charge in [-0.1, -0.05) is 0 Å². The van der Waals surface area contributed by atoms with Crippen LogP contribution in [-0.2, 0) is 0 Å². The Hall–Kier alpha value is -0.700. The molecule has 1 atom stereocenters. The number of hydrogen-bond donors (Lipinski definition) is 1. The summed E-state index contributed by atoms with van der Waals surface area (Å²) in [5.74, 6) is -4.00. The first kappa shape index (κ1) is 22.3. The lowest BCUT2D eigenvalue weighted by atomic mass is 9.99. The number of benzene rings is 1. The van der Waals surface area contributed by atoms with Crippen LogP contribution in [0.2, 0.25) is 0 Å². The van der Waals surface area contributed by atoms with Crippen LogP contribution in [0, 0.1) is 17.5 Å². The molecule has 0 saturated carbocycles. The number of nitrogens with one attached hydrogen (secondary N) is 1. The molecule has 1 aliphatic rings. The number of hydrogen-bond acceptors (Lipinski definition) is 2. The van der Waals surface area contributed by atoms with E-state index in [1.165, 1.54) is 4.90 Å². The summed E-state index contributed by atoms with van der Waals surface area (Å²) in [6.07, 6.45) is -5.92. The monoisotopic (exact) mass is 384 g/mol. The van der Waals surface area contributed by atoms with Crippen molar-refractivity contribution < 1.29 is 26.3 Å². The number of alkyl halides is 3. The van der Waals surface area contributed by atoms with Gasteiger partial charge in [-0.25, -0.2) is 13.2 Å². The van der Waals surface area contributed by atoms with Crippen molar-refractivity contribution in [2.75, 3.05) is 26.2 Å². The lowest BCUT2D eigenvalue weighted by Crippen LogP contribution is -2.46. The second-order valence-electron chi connectivity index (χ2n) is 4.91. The van der Waals surface area contributed by atoms with Crippen molar-refractivity contribution in [2.45, 2.75) is 18.6 Å². The molecule has 1 aromatic carbocycles. The summed E-state index contributed by atoms with van der Waals surface area (Å²) in [6.45, 7) is 1.37. The fourth-order valence-corrected chi connectivity index (χ4v) is 2.47. The minimum Gasteiger partial charge on any atom is -0.314 e. The molecule has 134 valence electrons. The molecule has 1 heterocycles. The van der Waals surface area contributed by atoms with Gasteiger partial charge >= 0.3 is 6.18 Å². The molecule has 1 aliphatic heterocycles. The topological polar surface area (TPSA) is 15.3 Å². The van der Waals surface area contributed by atoms with Gasteiger partial charge in [0.1, 0.15) is 5.82 Å². The van der Waals surface area contributed by atoms with E-state index in [1.807, 2.05) is 0 Å². The first-order chi connectivity index (χ1) is 9.78. The molecule has 23 heavy (non-hydrogen) atoms. The van der Waals surface area contributed by atoms with Crippen molar-refractivity contribution in [3.63, 3.8) is 0 Å². The Morgan fingerprint density at radius 2 is 1.61 bits per heavy atom. The molecule has 0 aliphatic carbocycles. The van der Waals surface area contributed by atoms with Gasteiger partial charge in [0.25, 0.3) is 0 Å². The third-order valence-electron chi connectivity index (χ3n) is 3.40. The van der Waals surface area contributed by atoms with Crippen LogP contribution in [0.25, 0.3) is 0 Å². The van der Waals surface area contributed by atoms with Gasteiger partial charge in [-0.05, 0) is 6.07 Å². The van der Waals surface area contributed by atoms with Crippen LogP contribution in [0.4, 0.5) is 26.3 Å². The molecule has 0 radical (unpaired) electrons. The summed E-state index contributed by atoms with van der Waals surface area (Å²) in [5, 5.41) is 2.96. The lowest BCUT2D eigenvalue weighted by molar-refractivity contribution is -0.149. The Labute approximate surface area is 142 Å². The minimum atomic E-state index is -4.56.